The Morgan fingerprint density at radius 2 is 2.13 bits per heavy atom. The van der Waals surface area contributed by atoms with Crippen LogP contribution in [0.5, 0.6) is 0 Å². The SMILES string of the molecule is CC1=C(C(=O)O)N2C(=O)C(NC(=O)C(C#N)S(C)(=O)=O)[C@@H]2SC1. The topological polar surface area (TPSA) is 145 Å². The molecule has 2 rings (SSSR count). The van der Waals surface area contributed by atoms with Gasteiger partial charge in [0.15, 0.2) is 9.84 Å². The van der Waals surface area contributed by atoms with E-state index in [0.717, 1.165) is 11.2 Å². The molecule has 0 aromatic heterocycles. The number of carbonyl (C=O) groups is 3. The number of aliphatic carboxylic acids is 1. The van der Waals surface area contributed by atoms with Gasteiger partial charge < -0.3 is 10.4 Å². The van der Waals surface area contributed by atoms with Crippen LogP contribution in [0.2, 0.25) is 0 Å². The van der Waals surface area contributed by atoms with E-state index in [1.165, 1.54) is 17.8 Å². The van der Waals surface area contributed by atoms with E-state index >= 15 is 0 Å². The fourth-order valence-corrected chi connectivity index (χ4v) is 4.29. The van der Waals surface area contributed by atoms with Crippen LogP contribution >= 0.6 is 11.8 Å². The van der Waals surface area contributed by atoms with E-state index in [1.807, 2.05) is 0 Å². The summed E-state index contributed by atoms with van der Waals surface area (Å²) in [5.74, 6) is -2.60. The van der Waals surface area contributed by atoms with E-state index < -0.39 is 44.3 Å². The molecule has 3 atom stereocenters. The summed E-state index contributed by atoms with van der Waals surface area (Å²) >= 11 is 1.26. The Labute approximate surface area is 136 Å². The summed E-state index contributed by atoms with van der Waals surface area (Å²) in [4.78, 5) is 36.3. The van der Waals surface area contributed by atoms with E-state index in [2.05, 4.69) is 5.32 Å². The number of fused-ring (bicyclic) bond motifs is 1. The maximum absolute atomic E-state index is 12.1. The standard InChI is InChI=1S/C12H13N3O6S2/c1-5-4-22-11-7(10(17)15(11)8(5)12(18)19)14-9(16)6(3-13)23(2,20)21/h6-7,11H,4H2,1-2H3,(H,14,16)(H,18,19)/t6?,7?,11-/m0/s1. The highest BCUT2D eigenvalue weighted by Gasteiger charge is 2.54. The van der Waals surface area contributed by atoms with Crippen molar-refractivity contribution in [3.05, 3.63) is 11.3 Å². The average molecular weight is 359 g/mol. The van der Waals surface area contributed by atoms with Gasteiger partial charge in [0.2, 0.25) is 5.25 Å². The summed E-state index contributed by atoms with van der Waals surface area (Å²) in [5, 5.41) is 17.7. The van der Waals surface area contributed by atoms with Crippen LogP contribution in [-0.2, 0) is 24.2 Å². The van der Waals surface area contributed by atoms with Crippen molar-refractivity contribution in [2.75, 3.05) is 12.0 Å². The molecule has 2 aliphatic rings. The van der Waals surface area contributed by atoms with Crippen molar-refractivity contribution in [2.45, 2.75) is 23.6 Å². The molecule has 2 N–H and O–H groups in total. The van der Waals surface area contributed by atoms with Crippen LogP contribution in [-0.4, -0.2) is 64.9 Å². The third kappa shape index (κ3) is 2.91. The summed E-state index contributed by atoms with van der Waals surface area (Å²) < 4.78 is 22.7. The third-order valence-electron chi connectivity index (χ3n) is 3.44. The molecule has 2 unspecified atom stereocenters. The maximum atomic E-state index is 12.1. The molecule has 9 nitrogen and oxygen atoms in total. The van der Waals surface area contributed by atoms with Crippen molar-refractivity contribution in [3.8, 4) is 6.07 Å². The summed E-state index contributed by atoms with van der Waals surface area (Å²) in [5.41, 5.74) is 0.409. The number of nitriles is 1. The number of β-lactam (4-membered cyclic amide) rings is 1. The summed E-state index contributed by atoms with van der Waals surface area (Å²) in [7, 11) is -3.93. The zero-order valence-corrected chi connectivity index (χ0v) is 13.8. The Hall–Kier alpha value is -2.06. The molecule has 2 aliphatic heterocycles. The quantitative estimate of drug-likeness (QED) is 0.588. The number of hydrogen-bond donors (Lipinski definition) is 2. The molecular weight excluding hydrogens is 346 g/mol. The molecule has 1 fully saturated rings. The van der Waals surface area contributed by atoms with Crippen molar-refractivity contribution in [3.63, 3.8) is 0 Å². The predicted octanol–water partition coefficient (Wildman–Crippen LogP) is -1.32. The van der Waals surface area contributed by atoms with Gasteiger partial charge in [0, 0.05) is 12.0 Å². The molecule has 0 bridgehead atoms. The second kappa shape index (κ2) is 5.86. The highest BCUT2D eigenvalue weighted by atomic mass is 32.2. The van der Waals surface area contributed by atoms with Gasteiger partial charge in [-0.15, -0.1) is 11.8 Å². The smallest absolute Gasteiger partial charge is 0.352 e. The van der Waals surface area contributed by atoms with Gasteiger partial charge in [-0.3, -0.25) is 14.5 Å². The van der Waals surface area contributed by atoms with Crippen molar-refractivity contribution in [1.82, 2.24) is 10.2 Å². The maximum Gasteiger partial charge on any atom is 0.352 e. The third-order valence-corrected chi connectivity index (χ3v) is 6.04. The van der Waals surface area contributed by atoms with Gasteiger partial charge in [-0.25, -0.2) is 13.2 Å². The lowest BCUT2D eigenvalue weighted by Crippen LogP contribution is -2.71. The molecule has 0 saturated carbocycles. The van der Waals surface area contributed by atoms with Gasteiger partial charge in [0.25, 0.3) is 11.8 Å². The molecule has 124 valence electrons. The summed E-state index contributed by atoms with van der Waals surface area (Å²) in [6.45, 7) is 1.60. The second-order valence-electron chi connectivity index (χ2n) is 5.17. The lowest BCUT2D eigenvalue weighted by molar-refractivity contribution is -0.150. The number of nitrogens with one attached hydrogen (secondary N) is 1. The van der Waals surface area contributed by atoms with Crippen LogP contribution in [0.25, 0.3) is 0 Å². The first-order valence-corrected chi connectivity index (χ1v) is 9.36. The molecule has 0 aromatic rings. The predicted molar refractivity (Wildman–Crippen MR) is 79.6 cm³/mol. The van der Waals surface area contributed by atoms with Crippen molar-refractivity contribution >= 4 is 39.4 Å². The van der Waals surface area contributed by atoms with Crippen molar-refractivity contribution < 1.29 is 27.9 Å². The normalized spacial score (nSPS) is 25.1. The Bertz CT molecular complexity index is 766. The Kier molecular flexibility index (Phi) is 4.41. The van der Waals surface area contributed by atoms with Crippen LogP contribution < -0.4 is 5.32 Å². The minimum absolute atomic E-state index is 0.121. The van der Waals surface area contributed by atoms with Gasteiger partial charge >= 0.3 is 5.97 Å². The second-order valence-corrected chi connectivity index (χ2v) is 8.40. The number of carboxylic acids is 1. The Balaban J connectivity index is 2.18. The number of thioether (sulfide) groups is 1. The highest BCUT2D eigenvalue weighted by molar-refractivity contribution is 8.00. The molecule has 23 heavy (non-hydrogen) atoms. The zero-order chi connectivity index (χ0) is 17.5. The number of rotatable bonds is 4. The largest absolute Gasteiger partial charge is 0.477 e. The van der Waals surface area contributed by atoms with Crippen LogP contribution in [0, 0.1) is 11.3 Å². The fraction of sp³-hybridized carbons (Fsp3) is 0.500. The minimum atomic E-state index is -3.93. The first-order chi connectivity index (χ1) is 10.6. The number of amides is 2. The molecular formula is C12H13N3O6S2. The molecule has 2 heterocycles. The van der Waals surface area contributed by atoms with Crippen LogP contribution in [0.15, 0.2) is 11.3 Å². The van der Waals surface area contributed by atoms with Gasteiger partial charge in [-0.1, -0.05) is 0 Å². The van der Waals surface area contributed by atoms with E-state index in [9.17, 15) is 27.9 Å². The molecule has 0 radical (unpaired) electrons. The number of nitrogens with zero attached hydrogens (tertiary/aromatic N) is 2. The molecule has 0 aromatic carbocycles. The van der Waals surface area contributed by atoms with Gasteiger partial charge in [-0.05, 0) is 12.5 Å². The van der Waals surface area contributed by atoms with Crippen molar-refractivity contribution in [2.24, 2.45) is 0 Å². The fourth-order valence-electron chi connectivity index (χ4n) is 2.35. The summed E-state index contributed by atoms with van der Waals surface area (Å²) in [6, 6.07) is 0.333. The van der Waals surface area contributed by atoms with Crippen LogP contribution in [0.3, 0.4) is 0 Å². The molecule has 2 amide bonds. The molecule has 11 heteroatoms. The Morgan fingerprint density at radius 1 is 1.52 bits per heavy atom. The van der Waals surface area contributed by atoms with E-state index in [1.54, 1.807) is 6.92 Å². The number of carbonyl (C=O) groups excluding carboxylic acids is 2. The molecule has 0 aliphatic carbocycles. The number of carboxylic acid groups (broad SMARTS) is 1. The summed E-state index contributed by atoms with van der Waals surface area (Å²) in [6.07, 6.45) is 0.749. The molecule has 0 spiro atoms. The van der Waals surface area contributed by atoms with Gasteiger partial charge in [0.1, 0.15) is 17.1 Å². The Morgan fingerprint density at radius 3 is 2.61 bits per heavy atom. The van der Waals surface area contributed by atoms with Gasteiger partial charge in [0.05, 0.1) is 6.07 Å². The van der Waals surface area contributed by atoms with E-state index in [0.29, 0.717) is 11.3 Å². The number of sulfone groups is 1. The van der Waals surface area contributed by atoms with E-state index in [-0.39, 0.29) is 5.70 Å². The van der Waals surface area contributed by atoms with Crippen molar-refractivity contribution in [1.29, 1.82) is 5.26 Å². The average Bonchev–Trinajstić information content (AvgIpc) is 2.43. The monoisotopic (exact) mass is 359 g/mol. The number of hydrogen-bond acceptors (Lipinski definition) is 7. The lowest BCUT2D eigenvalue weighted by Gasteiger charge is -2.49. The molecule has 1 saturated heterocycles. The highest BCUT2D eigenvalue weighted by Crippen LogP contribution is 2.40. The van der Waals surface area contributed by atoms with Crippen LogP contribution in [0.1, 0.15) is 6.92 Å². The first-order valence-electron chi connectivity index (χ1n) is 6.36. The minimum Gasteiger partial charge on any atom is -0.477 e. The zero-order valence-electron chi connectivity index (χ0n) is 12.1. The van der Waals surface area contributed by atoms with Crippen LogP contribution in [0.4, 0.5) is 0 Å². The first kappa shape index (κ1) is 17.3. The van der Waals surface area contributed by atoms with E-state index in [4.69, 9.17) is 5.26 Å². The van der Waals surface area contributed by atoms with Gasteiger partial charge in [-0.2, -0.15) is 5.26 Å². The lowest BCUT2D eigenvalue weighted by atomic mass is 10.0.